The summed E-state index contributed by atoms with van der Waals surface area (Å²) in [5.41, 5.74) is 1.95. The third-order valence-electron chi connectivity index (χ3n) is 6.16. The summed E-state index contributed by atoms with van der Waals surface area (Å²) in [7, 11) is 0. The minimum atomic E-state index is -0.115. The van der Waals surface area contributed by atoms with E-state index < -0.39 is 0 Å². The number of hydrogen-bond acceptors (Lipinski definition) is 6. The molecule has 172 valence electrons. The van der Waals surface area contributed by atoms with Gasteiger partial charge >= 0.3 is 0 Å². The lowest BCUT2D eigenvalue weighted by Crippen LogP contribution is -2.44. The number of carbonyl (C=O) groups excluding carboxylic acids is 1. The fourth-order valence-corrected chi connectivity index (χ4v) is 4.94. The van der Waals surface area contributed by atoms with Crippen LogP contribution in [0.4, 0.5) is 5.13 Å². The predicted octanol–water partition coefficient (Wildman–Crippen LogP) is 4.44. The number of amides is 1. The number of piperidine rings is 1. The molecule has 10 heteroatoms. The van der Waals surface area contributed by atoms with E-state index in [1.165, 1.54) is 62.1 Å². The predicted molar refractivity (Wildman–Crippen MR) is 133 cm³/mol. The van der Waals surface area contributed by atoms with Crippen LogP contribution in [0.3, 0.4) is 0 Å². The van der Waals surface area contributed by atoms with Gasteiger partial charge in [-0.15, -0.1) is 47.4 Å². The molecule has 1 aromatic carbocycles. The van der Waals surface area contributed by atoms with Crippen molar-refractivity contribution in [3.8, 4) is 0 Å². The summed E-state index contributed by atoms with van der Waals surface area (Å²) < 4.78 is 0. The Morgan fingerprint density at radius 1 is 1.10 bits per heavy atom. The molecular formula is C21H30Cl3N5OS. The Bertz CT molecular complexity index is 870. The number of anilines is 1. The number of aryl methyl sites for hydroxylation is 1. The van der Waals surface area contributed by atoms with Crippen molar-refractivity contribution in [3.05, 3.63) is 40.4 Å². The molecule has 1 aliphatic heterocycles. The van der Waals surface area contributed by atoms with Crippen LogP contribution in [0.15, 0.2) is 24.3 Å². The zero-order valence-electron chi connectivity index (χ0n) is 17.5. The molecule has 0 bridgehead atoms. The first-order valence-electron chi connectivity index (χ1n) is 10.4. The van der Waals surface area contributed by atoms with Gasteiger partial charge in [0.2, 0.25) is 5.13 Å². The van der Waals surface area contributed by atoms with E-state index in [-0.39, 0.29) is 43.1 Å². The van der Waals surface area contributed by atoms with E-state index in [2.05, 4.69) is 31.8 Å². The van der Waals surface area contributed by atoms with Crippen molar-refractivity contribution in [1.82, 2.24) is 20.4 Å². The molecule has 2 aromatic rings. The van der Waals surface area contributed by atoms with E-state index in [4.69, 9.17) is 0 Å². The van der Waals surface area contributed by atoms with Crippen LogP contribution < -0.4 is 10.6 Å². The molecule has 2 unspecified atom stereocenters. The summed E-state index contributed by atoms with van der Waals surface area (Å²) >= 11 is 1.39. The van der Waals surface area contributed by atoms with Crippen molar-refractivity contribution in [1.29, 1.82) is 0 Å². The Hall–Kier alpha value is -0.960. The summed E-state index contributed by atoms with van der Waals surface area (Å²) in [5, 5.41) is 16.0. The van der Waals surface area contributed by atoms with E-state index >= 15 is 0 Å². The zero-order valence-corrected chi connectivity index (χ0v) is 20.7. The highest BCUT2D eigenvalue weighted by Gasteiger charge is 2.40. The molecule has 2 heterocycles. The van der Waals surface area contributed by atoms with Crippen molar-refractivity contribution in [2.75, 3.05) is 18.4 Å². The van der Waals surface area contributed by atoms with Crippen molar-refractivity contribution in [3.63, 3.8) is 0 Å². The molecule has 2 saturated carbocycles. The molecule has 1 saturated heterocycles. The maximum Gasteiger partial charge on any atom is 0.257 e. The fourth-order valence-electron chi connectivity index (χ4n) is 4.35. The molecule has 3 fully saturated rings. The maximum absolute atomic E-state index is 12.5. The lowest BCUT2D eigenvalue weighted by molar-refractivity contribution is 0.102. The van der Waals surface area contributed by atoms with Gasteiger partial charge in [0.05, 0.1) is 0 Å². The van der Waals surface area contributed by atoms with Gasteiger partial charge < -0.3 is 10.2 Å². The third kappa shape index (κ3) is 6.53. The molecule has 2 N–H and O–H groups in total. The Morgan fingerprint density at radius 2 is 1.84 bits per heavy atom. The van der Waals surface area contributed by atoms with Crippen molar-refractivity contribution < 1.29 is 4.79 Å². The molecule has 0 radical (unpaired) electrons. The minimum absolute atomic E-state index is 0. The average Bonchev–Trinajstić information content (AvgIpc) is 3.63. The van der Waals surface area contributed by atoms with Crippen molar-refractivity contribution in [2.24, 2.45) is 0 Å². The maximum atomic E-state index is 12.5. The Morgan fingerprint density at radius 3 is 2.48 bits per heavy atom. The number of rotatable bonds is 6. The first-order valence-corrected chi connectivity index (χ1v) is 11.2. The van der Waals surface area contributed by atoms with Crippen LogP contribution in [0.2, 0.25) is 0 Å². The standard InChI is InChI=1S/C21H27N5OS.3ClH/c1-13-24-25-21(28-13)23-20(27)15-4-2-3-14(11-15)18-12-19(18)22-16-7-9-26(10-8-16)17-5-6-17;;;/h2-4,11,16-19,22H,5-10,12H2,1H3,(H,23,25,27);3*1H. The number of nitrogens with zero attached hydrogens (tertiary/aromatic N) is 3. The summed E-state index contributed by atoms with van der Waals surface area (Å²) in [5.74, 6) is 0.411. The van der Waals surface area contributed by atoms with E-state index in [0.717, 1.165) is 11.0 Å². The second-order valence-corrected chi connectivity index (χ2v) is 9.54. The summed E-state index contributed by atoms with van der Waals surface area (Å²) in [6.45, 7) is 4.38. The van der Waals surface area contributed by atoms with Crippen LogP contribution >= 0.6 is 48.6 Å². The second-order valence-electron chi connectivity index (χ2n) is 8.36. The van der Waals surface area contributed by atoms with Crippen molar-refractivity contribution in [2.45, 2.75) is 63.1 Å². The topological polar surface area (TPSA) is 70.1 Å². The quantitative estimate of drug-likeness (QED) is 0.606. The Kier molecular flexibility index (Phi) is 9.55. The van der Waals surface area contributed by atoms with E-state index in [0.29, 0.717) is 28.7 Å². The number of nitrogens with one attached hydrogen (secondary N) is 2. The first-order chi connectivity index (χ1) is 13.7. The summed E-state index contributed by atoms with van der Waals surface area (Å²) in [6, 6.07) is 10.1. The summed E-state index contributed by atoms with van der Waals surface area (Å²) in [4.78, 5) is 15.2. The van der Waals surface area contributed by atoms with Gasteiger partial charge in [0, 0.05) is 29.6 Å². The van der Waals surface area contributed by atoms with Gasteiger partial charge in [0.15, 0.2) is 0 Å². The van der Waals surface area contributed by atoms with Crippen LogP contribution in [0, 0.1) is 6.92 Å². The monoisotopic (exact) mass is 505 g/mol. The van der Waals surface area contributed by atoms with Gasteiger partial charge in [-0.1, -0.05) is 23.5 Å². The van der Waals surface area contributed by atoms with E-state index in [9.17, 15) is 4.79 Å². The molecule has 5 rings (SSSR count). The molecule has 1 aromatic heterocycles. The van der Waals surface area contributed by atoms with E-state index in [1.807, 2.05) is 25.1 Å². The number of carbonyl (C=O) groups is 1. The molecular weight excluding hydrogens is 477 g/mol. The molecule has 6 nitrogen and oxygen atoms in total. The zero-order chi connectivity index (χ0) is 19.1. The van der Waals surface area contributed by atoms with Gasteiger partial charge in [0.25, 0.3) is 5.91 Å². The summed E-state index contributed by atoms with van der Waals surface area (Å²) in [6.07, 6.45) is 6.52. The molecule has 31 heavy (non-hydrogen) atoms. The smallest absolute Gasteiger partial charge is 0.257 e. The molecule has 1 amide bonds. The highest BCUT2D eigenvalue weighted by Crippen LogP contribution is 2.42. The van der Waals surface area contributed by atoms with Crippen LogP contribution in [0.1, 0.15) is 59.0 Å². The van der Waals surface area contributed by atoms with Crippen LogP contribution in [-0.4, -0.2) is 52.2 Å². The van der Waals surface area contributed by atoms with Gasteiger partial charge in [-0.05, 0) is 69.8 Å². The lowest BCUT2D eigenvalue weighted by atomic mass is 10.0. The number of aromatic nitrogens is 2. The Balaban J connectivity index is 0.00000114. The van der Waals surface area contributed by atoms with E-state index in [1.54, 1.807) is 0 Å². The highest BCUT2D eigenvalue weighted by atomic mass is 35.5. The van der Waals surface area contributed by atoms with Crippen LogP contribution in [0.5, 0.6) is 0 Å². The van der Waals surface area contributed by atoms with Crippen LogP contribution in [-0.2, 0) is 0 Å². The third-order valence-corrected chi connectivity index (χ3v) is 6.91. The number of halogens is 3. The van der Waals surface area contributed by atoms with Crippen molar-refractivity contribution >= 4 is 59.6 Å². The average molecular weight is 507 g/mol. The number of benzene rings is 1. The SMILES string of the molecule is Cc1nnc(NC(=O)c2cccc(C3CC3NC3CCN(C4CC4)CC3)c2)s1.Cl.Cl.Cl. The Labute approximate surface area is 206 Å². The van der Waals surface area contributed by atoms with Gasteiger partial charge in [-0.25, -0.2) is 0 Å². The number of hydrogen-bond donors (Lipinski definition) is 2. The second kappa shape index (κ2) is 11.3. The van der Waals surface area contributed by atoms with Gasteiger partial charge in [-0.2, -0.15) is 0 Å². The number of likely N-dealkylation sites (tertiary alicyclic amines) is 1. The highest BCUT2D eigenvalue weighted by molar-refractivity contribution is 7.15. The van der Waals surface area contributed by atoms with Gasteiger partial charge in [-0.3, -0.25) is 10.1 Å². The molecule has 0 spiro atoms. The molecule has 2 atom stereocenters. The fraction of sp³-hybridized carbons (Fsp3) is 0.571. The first kappa shape index (κ1) is 26.3. The lowest BCUT2D eigenvalue weighted by Gasteiger charge is -2.32. The molecule has 2 aliphatic carbocycles. The van der Waals surface area contributed by atoms with Gasteiger partial charge in [0.1, 0.15) is 5.01 Å². The van der Waals surface area contributed by atoms with Crippen LogP contribution in [0.25, 0.3) is 0 Å². The molecule has 3 aliphatic rings. The minimum Gasteiger partial charge on any atom is -0.311 e. The normalized spacial score (nSPS) is 23.1. The largest absolute Gasteiger partial charge is 0.311 e.